The number of carboxylic acid groups (broad SMARTS) is 1. The first-order valence-electron chi connectivity index (χ1n) is 19.8. The molecule has 2 aliphatic carbocycles. The molecule has 2 N–H and O–H groups in total. The number of allylic oxidation sites excluding steroid dienone is 20. The molecular weight excluding hydrogens is 749 g/mol. The highest BCUT2D eigenvalue weighted by molar-refractivity contribution is 6.02. The largest absolute Gasteiger partial charge is 0.481 e. The average molecular weight is 813 g/mol. The van der Waals surface area contributed by atoms with Crippen LogP contribution in [0.15, 0.2) is 130 Å². The summed E-state index contributed by atoms with van der Waals surface area (Å²) in [5, 5.41) is 15.8. The van der Waals surface area contributed by atoms with Crippen LogP contribution in [-0.2, 0) is 38.2 Å². The van der Waals surface area contributed by atoms with Crippen molar-refractivity contribution in [3.63, 3.8) is 0 Å². The Morgan fingerprint density at radius 1 is 0.610 bits per heavy atom. The van der Waals surface area contributed by atoms with Gasteiger partial charge in [0.25, 0.3) is 0 Å². The maximum Gasteiger partial charge on any atom is 0.307 e. The van der Waals surface area contributed by atoms with E-state index in [0.717, 1.165) is 40.5 Å². The molecular formula is C49H64O10. The molecule has 2 rings (SSSR count). The Morgan fingerprint density at radius 3 is 1.34 bits per heavy atom. The van der Waals surface area contributed by atoms with Crippen molar-refractivity contribution in [3.05, 3.63) is 130 Å². The highest BCUT2D eigenvalue weighted by atomic mass is 16.6. The van der Waals surface area contributed by atoms with Gasteiger partial charge < -0.3 is 24.5 Å². The van der Waals surface area contributed by atoms with E-state index in [0.29, 0.717) is 30.3 Å². The zero-order chi connectivity index (χ0) is 44.9. The fourth-order valence-corrected chi connectivity index (χ4v) is 6.58. The molecule has 2 atom stereocenters. The van der Waals surface area contributed by atoms with Crippen LogP contribution in [-0.4, -0.2) is 65.3 Å². The summed E-state index contributed by atoms with van der Waals surface area (Å²) in [6.07, 6.45) is 26.8. The van der Waals surface area contributed by atoms with Crippen molar-refractivity contribution >= 4 is 35.8 Å². The van der Waals surface area contributed by atoms with Gasteiger partial charge in [0, 0.05) is 26.4 Å². The number of carboxylic acids is 1. The van der Waals surface area contributed by atoms with Gasteiger partial charge >= 0.3 is 17.9 Å². The Bertz CT molecular complexity index is 1910. The Morgan fingerprint density at radius 2 is 0.966 bits per heavy atom. The second-order valence-electron chi connectivity index (χ2n) is 16.0. The second-order valence-corrected chi connectivity index (χ2v) is 16.0. The van der Waals surface area contributed by atoms with Crippen molar-refractivity contribution in [3.8, 4) is 0 Å². The summed E-state index contributed by atoms with van der Waals surface area (Å²) in [7, 11) is 1.00. The lowest BCUT2D eigenvalue weighted by Gasteiger charge is -2.36. The number of aliphatic carboxylic acids is 1. The van der Waals surface area contributed by atoms with Crippen LogP contribution in [0.25, 0.3) is 0 Å². The minimum Gasteiger partial charge on any atom is -0.481 e. The summed E-state index contributed by atoms with van der Waals surface area (Å²) < 4.78 is 10.8. The van der Waals surface area contributed by atoms with E-state index in [9.17, 15) is 28.8 Å². The number of carbonyl (C=O) groups is 6. The van der Waals surface area contributed by atoms with Gasteiger partial charge in [-0.25, -0.2) is 0 Å². The minimum atomic E-state index is -1.09. The fraction of sp³-hybridized carbons (Fsp3) is 0.429. The topological polar surface area (TPSA) is 161 Å². The van der Waals surface area contributed by atoms with Crippen LogP contribution in [0.3, 0.4) is 0 Å². The zero-order valence-corrected chi connectivity index (χ0v) is 36.7. The molecule has 0 bridgehead atoms. The Hall–Kier alpha value is -5.48. The monoisotopic (exact) mass is 812 g/mol. The quantitative estimate of drug-likeness (QED) is 0.0775. The van der Waals surface area contributed by atoms with E-state index in [1.807, 2.05) is 140 Å². The van der Waals surface area contributed by atoms with E-state index in [1.54, 1.807) is 13.8 Å². The molecule has 0 aromatic rings. The molecule has 0 aromatic heterocycles. The number of Topliss-reactive ketones (excluding diaryl/α,β-unsaturated/α-hetero) is 2. The molecule has 0 aromatic carbocycles. The molecule has 0 heterocycles. The van der Waals surface area contributed by atoms with Crippen LogP contribution in [0.5, 0.6) is 0 Å². The first kappa shape index (κ1) is 51.5. The molecule has 10 nitrogen and oxygen atoms in total. The van der Waals surface area contributed by atoms with Gasteiger partial charge in [0.15, 0.2) is 23.8 Å². The number of rotatable bonds is 18. The van der Waals surface area contributed by atoms with E-state index in [4.69, 9.17) is 19.7 Å². The average Bonchev–Trinajstić information content (AvgIpc) is 3.16. The predicted molar refractivity (Wildman–Crippen MR) is 233 cm³/mol. The summed E-state index contributed by atoms with van der Waals surface area (Å²) in [5.74, 6) is -2.77. The Labute approximate surface area is 350 Å². The maximum atomic E-state index is 13.0. The molecule has 59 heavy (non-hydrogen) atoms. The van der Waals surface area contributed by atoms with E-state index in [1.165, 1.54) is 0 Å². The zero-order valence-electron chi connectivity index (χ0n) is 36.7. The first-order valence-corrected chi connectivity index (χ1v) is 19.8. The van der Waals surface area contributed by atoms with Crippen LogP contribution in [0, 0.1) is 10.8 Å². The number of aliphatic hydroxyl groups is 1. The van der Waals surface area contributed by atoms with Crippen LogP contribution in [0.2, 0.25) is 0 Å². The summed E-state index contributed by atoms with van der Waals surface area (Å²) in [5.41, 5.74) is 6.23. The van der Waals surface area contributed by atoms with Gasteiger partial charge in [0.05, 0.1) is 19.3 Å². The first-order chi connectivity index (χ1) is 27.7. The third-order valence-electron chi connectivity index (χ3n) is 9.83. The molecule has 2 aliphatic rings. The van der Waals surface area contributed by atoms with Gasteiger partial charge in [-0.05, 0) is 74.7 Å². The van der Waals surface area contributed by atoms with Gasteiger partial charge in [-0.2, -0.15) is 0 Å². The SMILES string of the molecule is CC1=C(/C=C/C(C)=C/C=C/C(C)=C/C=C/C=C(C)/C=C/C=C(C)/C=C/C2=C(C)C(=O)C(OC(=O)CCC(=O)O)CC2(C)C)C(C)(C)CC(OC(=O)CCC=O)C1=O.CO. The van der Waals surface area contributed by atoms with Crippen LogP contribution in [0.1, 0.15) is 108 Å². The van der Waals surface area contributed by atoms with Gasteiger partial charge in [-0.1, -0.05) is 135 Å². The number of aliphatic hydroxyl groups excluding tert-OH is 1. The van der Waals surface area contributed by atoms with Crippen molar-refractivity contribution in [2.75, 3.05) is 7.11 Å². The molecule has 320 valence electrons. The molecule has 0 saturated heterocycles. The number of aldehydes is 1. The van der Waals surface area contributed by atoms with Gasteiger partial charge in [-0.15, -0.1) is 0 Å². The predicted octanol–water partition coefficient (Wildman–Crippen LogP) is 9.46. The number of ether oxygens (including phenoxy) is 2. The van der Waals surface area contributed by atoms with E-state index in [2.05, 4.69) is 0 Å². The lowest BCUT2D eigenvalue weighted by molar-refractivity contribution is -0.157. The van der Waals surface area contributed by atoms with Crippen LogP contribution in [0.4, 0.5) is 0 Å². The van der Waals surface area contributed by atoms with Gasteiger partial charge in [-0.3, -0.25) is 24.0 Å². The highest BCUT2D eigenvalue weighted by Gasteiger charge is 2.41. The molecule has 0 saturated carbocycles. The third kappa shape index (κ3) is 17.9. The van der Waals surface area contributed by atoms with Gasteiger partial charge in [0.2, 0.25) is 0 Å². The number of carbonyl (C=O) groups excluding carboxylic acids is 5. The smallest absolute Gasteiger partial charge is 0.307 e. The molecule has 0 aliphatic heterocycles. The summed E-state index contributed by atoms with van der Waals surface area (Å²) in [6, 6.07) is 0. The molecule has 10 heteroatoms. The van der Waals surface area contributed by atoms with E-state index in [-0.39, 0.29) is 42.7 Å². The summed E-state index contributed by atoms with van der Waals surface area (Å²) in [6.45, 7) is 19.5. The van der Waals surface area contributed by atoms with Crippen molar-refractivity contribution in [1.29, 1.82) is 0 Å². The Balaban J connectivity index is 0.00000856. The molecule has 0 spiro atoms. The lowest BCUT2D eigenvalue weighted by atomic mass is 9.71. The van der Waals surface area contributed by atoms with Crippen LogP contribution >= 0.6 is 0 Å². The number of hydrogen-bond donors (Lipinski definition) is 2. The van der Waals surface area contributed by atoms with Gasteiger partial charge in [0.1, 0.15) is 6.29 Å². The van der Waals surface area contributed by atoms with E-state index < -0.39 is 35.5 Å². The van der Waals surface area contributed by atoms with Crippen LogP contribution < -0.4 is 0 Å². The lowest BCUT2D eigenvalue weighted by Crippen LogP contribution is -2.39. The molecule has 0 radical (unpaired) electrons. The number of esters is 2. The van der Waals surface area contributed by atoms with Crippen molar-refractivity contribution in [2.45, 2.75) is 120 Å². The maximum absolute atomic E-state index is 13.0. The standard InChI is InChI=1S/C48H60O9.CH4O/c1-32(18-13-20-34(3)23-25-38-36(5)45(54)40(30-47(38,7)8)56-43(52)22-15-29-49)16-11-12-17-33(2)19-14-21-35(4)24-26-39-37(6)46(55)41(31-48(39,9)10)57-44(53)28-27-42(50)51;1-2/h11-14,16-21,23-26,29,40-41H,15,22,27-28,30-31H2,1-10H3,(H,50,51);2H,1H3/b12-11+,18-13+,19-14+,25-23+,26-24+,32-16+,33-17+,34-20+,35-21+;. The van der Waals surface area contributed by atoms with Crippen molar-refractivity contribution < 1.29 is 48.5 Å². The summed E-state index contributed by atoms with van der Waals surface area (Å²) >= 11 is 0. The second kappa shape index (κ2) is 25.1. The molecule has 2 unspecified atom stereocenters. The highest BCUT2D eigenvalue weighted by Crippen LogP contribution is 2.42. The number of hydrogen-bond acceptors (Lipinski definition) is 9. The number of ketones is 2. The fourth-order valence-electron chi connectivity index (χ4n) is 6.58. The van der Waals surface area contributed by atoms with Crippen molar-refractivity contribution in [1.82, 2.24) is 0 Å². The summed E-state index contributed by atoms with van der Waals surface area (Å²) in [4.78, 5) is 71.4. The molecule has 0 amide bonds. The normalized spacial score (nSPS) is 20.6. The molecule has 0 fully saturated rings. The Kier molecular flexibility index (Phi) is 21.9. The van der Waals surface area contributed by atoms with Crippen molar-refractivity contribution in [2.24, 2.45) is 10.8 Å². The minimum absolute atomic E-state index is 0.0286. The third-order valence-corrected chi connectivity index (χ3v) is 9.83. The van der Waals surface area contributed by atoms with E-state index >= 15 is 0 Å².